The van der Waals surface area contributed by atoms with Crippen LogP contribution in [0.4, 0.5) is 0 Å². The molecule has 0 fully saturated rings. The summed E-state index contributed by atoms with van der Waals surface area (Å²) in [7, 11) is 0. The number of benzene rings is 4. The van der Waals surface area contributed by atoms with Crippen molar-refractivity contribution >= 4 is 28.7 Å². The Hall–Kier alpha value is -2.13. The molecule has 0 N–H and O–H groups in total. The SMILES string of the molecule is CC1=Cc2ccccc2[CH]1[Ti+2]([CH]1C(C)=Cc2ccccc21)=[Si](c1ccccc1)c1ccccc1.[Cl-].[Cl-]. The van der Waals surface area contributed by atoms with Crippen LogP contribution >= 0.6 is 0 Å². The first-order chi connectivity index (χ1) is 16.7. The Morgan fingerprint density at radius 3 is 1.28 bits per heavy atom. The normalized spacial score (nSPS) is 16.8. The molecule has 2 unspecified atom stereocenters. The van der Waals surface area contributed by atoms with Gasteiger partial charge in [0.25, 0.3) is 0 Å². The van der Waals surface area contributed by atoms with E-state index in [1.54, 1.807) is 32.6 Å². The molecule has 0 radical (unpaired) electrons. The van der Waals surface area contributed by atoms with E-state index in [9.17, 15) is 0 Å². The van der Waals surface area contributed by atoms with Gasteiger partial charge in [-0.05, 0) is 0 Å². The van der Waals surface area contributed by atoms with Gasteiger partial charge in [0.1, 0.15) is 0 Å². The average Bonchev–Trinajstić information content (AvgIpc) is 3.39. The number of hydrogen-bond acceptors (Lipinski definition) is 0. The summed E-state index contributed by atoms with van der Waals surface area (Å²) in [6.07, 6.45) is 3.98. The van der Waals surface area contributed by atoms with E-state index in [0.717, 1.165) is 0 Å². The van der Waals surface area contributed by atoms with Crippen molar-refractivity contribution in [1.29, 1.82) is 0 Å². The summed E-state index contributed by atoms with van der Waals surface area (Å²) in [5, 5.41) is 3.14. The molecule has 4 aromatic rings. The Morgan fingerprint density at radius 1 is 0.500 bits per heavy atom. The summed E-state index contributed by atoms with van der Waals surface area (Å²) >= 11 is -1.93. The minimum absolute atomic E-state index is 0. The van der Waals surface area contributed by atoms with Crippen molar-refractivity contribution in [2.45, 2.75) is 22.3 Å². The summed E-state index contributed by atoms with van der Waals surface area (Å²) in [4.78, 5) is 0. The minimum Gasteiger partial charge on any atom is -1.00 e. The van der Waals surface area contributed by atoms with Gasteiger partial charge < -0.3 is 24.8 Å². The predicted octanol–water partition coefficient (Wildman–Crippen LogP) is 0.735. The Bertz CT molecular complexity index is 1360. The Morgan fingerprint density at radius 2 is 0.861 bits per heavy atom. The summed E-state index contributed by atoms with van der Waals surface area (Å²) < 4.78 is 1.15. The molecule has 0 nitrogen and oxygen atoms in total. The number of allylic oxidation sites excluding steroid dienone is 2. The molecule has 0 saturated carbocycles. The van der Waals surface area contributed by atoms with Crippen molar-refractivity contribution in [3.05, 3.63) is 143 Å². The van der Waals surface area contributed by atoms with Crippen molar-refractivity contribution in [2.24, 2.45) is 0 Å². The predicted molar refractivity (Wildman–Crippen MR) is 144 cm³/mol. The average molecular weight is 559 g/mol. The maximum atomic E-state index is 2.47. The van der Waals surface area contributed by atoms with Gasteiger partial charge in [0, 0.05) is 0 Å². The molecule has 36 heavy (non-hydrogen) atoms. The fourth-order valence-electron chi connectivity index (χ4n) is 5.95. The maximum Gasteiger partial charge on any atom is -1.00 e. The van der Waals surface area contributed by atoms with Crippen LogP contribution in [0.25, 0.3) is 12.2 Å². The van der Waals surface area contributed by atoms with Gasteiger partial charge in [0.15, 0.2) is 0 Å². The molecule has 2 aliphatic carbocycles. The van der Waals surface area contributed by atoms with Crippen molar-refractivity contribution in [3.63, 3.8) is 0 Å². The van der Waals surface area contributed by atoms with Crippen LogP contribution in [0.5, 0.6) is 0 Å². The quantitative estimate of drug-likeness (QED) is 0.324. The van der Waals surface area contributed by atoms with Gasteiger partial charge >= 0.3 is 210 Å². The molecule has 0 aromatic heterocycles. The first-order valence-electron chi connectivity index (χ1n) is 12.1. The second-order valence-corrected chi connectivity index (χ2v) is 19.3. The molecular weight excluding hydrogens is 531 g/mol. The molecule has 4 heteroatoms. The number of fused-ring (bicyclic) bond motifs is 2. The molecule has 0 heterocycles. The van der Waals surface area contributed by atoms with Crippen LogP contribution in [-0.4, -0.2) is 6.19 Å². The van der Waals surface area contributed by atoms with Crippen LogP contribution in [0.3, 0.4) is 0 Å². The van der Waals surface area contributed by atoms with Gasteiger partial charge in [0.05, 0.1) is 0 Å². The van der Waals surface area contributed by atoms with Crippen molar-refractivity contribution in [2.75, 3.05) is 0 Å². The van der Waals surface area contributed by atoms with E-state index in [1.807, 2.05) is 0 Å². The third kappa shape index (κ3) is 4.76. The third-order valence-corrected chi connectivity index (χ3v) is 21.9. The Labute approximate surface area is 233 Å². The first kappa shape index (κ1) is 26.9. The van der Waals surface area contributed by atoms with Crippen LogP contribution < -0.4 is 35.2 Å². The monoisotopic (exact) mass is 558 g/mol. The topological polar surface area (TPSA) is 0 Å². The van der Waals surface area contributed by atoms with E-state index in [-0.39, 0.29) is 24.8 Å². The first-order valence-corrected chi connectivity index (χ1v) is 17.8. The van der Waals surface area contributed by atoms with Gasteiger partial charge in [-0.2, -0.15) is 0 Å². The number of rotatable bonds is 4. The second-order valence-electron chi connectivity index (χ2n) is 9.46. The number of halogens is 2. The molecule has 0 spiro atoms. The summed E-state index contributed by atoms with van der Waals surface area (Å²) in [6.45, 7) is 4.79. The van der Waals surface area contributed by atoms with Crippen molar-refractivity contribution in [3.8, 4) is 0 Å². The summed E-state index contributed by atoms with van der Waals surface area (Å²) in [5.41, 5.74) is 9.16. The molecule has 0 aliphatic heterocycles. The zero-order valence-electron chi connectivity index (χ0n) is 20.5. The van der Waals surface area contributed by atoms with Crippen LogP contribution in [0, 0.1) is 0 Å². The fraction of sp³-hybridized carbons (Fsp3) is 0.125. The molecule has 2 aliphatic rings. The van der Waals surface area contributed by atoms with Gasteiger partial charge in [-0.25, -0.2) is 0 Å². The maximum absolute atomic E-state index is 2.47. The third-order valence-electron chi connectivity index (χ3n) is 7.33. The van der Waals surface area contributed by atoms with E-state index in [2.05, 4.69) is 135 Å². The Kier molecular flexibility index (Phi) is 8.60. The van der Waals surface area contributed by atoms with E-state index >= 15 is 0 Å². The van der Waals surface area contributed by atoms with Crippen LogP contribution in [0.1, 0.15) is 44.5 Å². The van der Waals surface area contributed by atoms with Crippen LogP contribution in [-0.2, 0) is 16.6 Å². The Balaban J connectivity index is 0.00000152. The van der Waals surface area contributed by atoms with Gasteiger partial charge in [-0.1, -0.05) is 0 Å². The van der Waals surface area contributed by atoms with Gasteiger partial charge in [-0.3, -0.25) is 0 Å². The molecule has 0 amide bonds. The molecule has 0 bridgehead atoms. The fourth-order valence-corrected chi connectivity index (χ4v) is 23.3. The zero-order valence-corrected chi connectivity index (χ0v) is 24.5. The minimum atomic E-state index is -1.93. The van der Waals surface area contributed by atoms with E-state index in [4.69, 9.17) is 0 Å². The molecule has 0 saturated heterocycles. The molecule has 178 valence electrons. The van der Waals surface area contributed by atoms with Gasteiger partial charge in [-0.15, -0.1) is 0 Å². The van der Waals surface area contributed by atoms with Crippen LogP contribution in [0.2, 0.25) is 0 Å². The standard InChI is InChI=1S/C12H10Si.2C10H9.2ClH.Ti/c1-3-7-11(8-4-1)13-12-9-5-2-6-10-12;2*1-8-6-9-4-2-3-5-10(9)7-8;;;/h1-10H;2*2-7H,1H3;2*1H;/q;;;;;+2/p-2. The summed E-state index contributed by atoms with van der Waals surface area (Å²) in [6, 6.07) is 41.3. The van der Waals surface area contributed by atoms with Crippen molar-refractivity contribution < 1.29 is 41.4 Å². The van der Waals surface area contributed by atoms with E-state index < -0.39 is 22.8 Å². The molecule has 4 aromatic carbocycles. The zero-order chi connectivity index (χ0) is 23.1. The van der Waals surface area contributed by atoms with Gasteiger partial charge in [0.2, 0.25) is 0 Å². The smallest absolute Gasteiger partial charge is 1.00 e. The molecular formula is C32H28Cl2SiTi. The van der Waals surface area contributed by atoms with Crippen LogP contribution in [0.15, 0.2) is 120 Å². The summed E-state index contributed by atoms with van der Waals surface area (Å²) in [5.74, 6) is 0. The molecule has 2 atom stereocenters. The molecule has 6 rings (SSSR count). The number of hydrogen-bond donors (Lipinski definition) is 0. The van der Waals surface area contributed by atoms with E-state index in [1.165, 1.54) is 11.1 Å². The van der Waals surface area contributed by atoms with Crippen molar-refractivity contribution in [1.82, 2.24) is 0 Å². The second kappa shape index (κ2) is 11.5. The van der Waals surface area contributed by atoms with E-state index in [0.29, 0.717) is 8.45 Å². The largest absolute Gasteiger partial charge is 1.00 e.